The fraction of sp³-hybridized carbons (Fsp3) is 0.474. The summed E-state index contributed by atoms with van der Waals surface area (Å²) in [4.78, 5) is 9.19. The number of nitrogens with zero attached hydrogens (tertiary/aromatic N) is 5. The molecule has 1 unspecified atom stereocenters. The minimum absolute atomic E-state index is 0.196. The molecule has 154 valence electrons. The maximum atomic E-state index is 9.98. The van der Waals surface area contributed by atoms with Gasteiger partial charge in [0.15, 0.2) is 0 Å². The predicted molar refractivity (Wildman–Crippen MR) is 112 cm³/mol. The maximum absolute atomic E-state index is 9.98. The molecule has 3 rings (SSSR count). The summed E-state index contributed by atoms with van der Waals surface area (Å²) in [5, 5.41) is 17.9. The molecule has 0 aromatic carbocycles. The van der Waals surface area contributed by atoms with Crippen LogP contribution in [0.2, 0.25) is 0 Å². The van der Waals surface area contributed by atoms with E-state index in [2.05, 4.69) is 27.1 Å². The molecule has 3 aromatic rings. The molecule has 9 nitrogen and oxygen atoms in total. The molecule has 0 saturated heterocycles. The number of aliphatic hydroxyl groups is 1. The fourth-order valence-electron chi connectivity index (χ4n) is 2.66. The third-order valence-corrected chi connectivity index (χ3v) is 4.99. The van der Waals surface area contributed by atoms with Crippen molar-refractivity contribution < 1.29 is 14.5 Å². The topological polar surface area (TPSA) is 125 Å². The monoisotopic (exact) mass is 460 g/mol. The Morgan fingerprint density at radius 3 is 2.76 bits per heavy atom. The van der Waals surface area contributed by atoms with E-state index in [1.165, 1.54) is 16.9 Å². The second kappa shape index (κ2) is 8.54. The van der Waals surface area contributed by atoms with E-state index in [9.17, 15) is 5.11 Å². The zero-order chi connectivity index (χ0) is 21.2. The number of hydrogen-bond acceptors (Lipinski definition) is 8. The van der Waals surface area contributed by atoms with Gasteiger partial charge in [-0.05, 0) is 0 Å². The summed E-state index contributed by atoms with van der Waals surface area (Å²) in [6, 6.07) is 0. The molecule has 29 heavy (non-hydrogen) atoms. The molecule has 3 aromatic heterocycles. The van der Waals surface area contributed by atoms with Crippen molar-refractivity contribution in [3.63, 3.8) is 0 Å². The third-order valence-electron chi connectivity index (χ3n) is 4.19. The summed E-state index contributed by atoms with van der Waals surface area (Å²) >= 11 is 1.29. The Kier molecular flexibility index (Phi) is 6.27. The van der Waals surface area contributed by atoms with E-state index in [0.717, 1.165) is 5.52 Å². The average molecular weight is 460 g/mol. The first-order chi connectivity index (χ1) is 13.7. The molecule has 0 aliphatic rings. The van der Waals surface area contributed by atoms with Crippen LogP contribution < -0.4 is 15.0 Å². The average Bonchev–Trinajstić information content (AvgIpc) is 3.27. The Hall–Kier alpha value is -2.40. The van der Waals surface area contributed by atoms with Crippen molar-refractivity contribution in [2.75, 3.05) is 13.2 Å². The van der Waals surface area contributed by atoms with Crippen LogP contribution in [0.4, 0.5) is 0 Å². The quantitative estimate of drug-likeness (QED) is 0.385. The van der Waals surface area contributed by atoms with Gasteiger partial charge < -0.3 is 0 Å². The molecular weight excluding hydrogens is 435 g/mol. The number of fused-ring (bicyclic) bond motifs is 1. The number of aryl methyl sites for hydroxylation is 1. The van der Waals surface area contributed by atoms with Gasteiger partial charge >= 0.3 is 177 Å². The van der Waals surface area contributed by atoms with Crippen LogP contribution in [0.25, 0.3) is 22.6 Å². The van der Waals surface area contributed by atoms with Gasteiger partial charge in [0.1, 0.15) is 0 Å². The number of ether oxygens (including phenoxy) is 1. The van der Waals surface area contributed by atoms with Gasteiger partial charge in [-0.2, -0.15) is 0 Å². The van der Waals surface area contributed by atoms with E-state index in [-0.39, 0.29) is 5.92 Å². The van der Waals surface area contributed by atoms with E-state index in [1.54, 1.807) is 20.0 Å². The van der Waals surface area contributed by atoms with Gasteiger partial charge in [0, 0.05) is 0 Å². The molecule has 0 spiro atoms. The Bertz CT molecular complexity index is 1070. The summed E-state index contributed by atoms with van der Waals surface area (Å²) in [7, 11) is 0. The van der Waals surface area contributed by atoms with Crippen LogP contribution in [-0.4, -0.2) is 65.6 Å². The van der Waals surface area contributed by atoms with E-state index in [1.807, 2.05) is 18.4 Å². The molecule has 0 bridgehead atoms. The number of rotatable bonds is 6. The molecule has 0 fully saturated rings. The first-order valence-electron chi connectivity index (χ1n) is 9.31. The summed E-state index contributed by atoms with van der Waals surface area (Å²) in [5.41, 5.74) is 6.93. The van der Waals surface area contributed by atoms with Crippen molar-refractivity contribution in [2.24, 2.45) is 11.7 Å². The second-order valence-corrected chi connectivity index (χ2v) is 8.45. The Morgan fingerprint density at radius 2 is 2.17 bits per heavy atom. The number of hydrogen-bond donors (Lipinski definition) is 2. The van der Waals surface area contributed by atoms with Gasteiger partial charge in [0.25, 0.3) is 0 Å². The summed E-state index contributed by atoms with van der Waals surface area (Å²) in [6.07, 6.45) is 1.63. The third kappa shape index (κ3) is 4.61. The molecule has 10 heteroatoms. The van der Waals surface area contributed by atoms with Gasteiger partial charge in [-0.25, -0.2) is 0 Å². The van der Waals surface area contributed by atoms with Crippen LogP contribution >= 0.6 is 0 Å². The van der Waals surface area contributed by atoms with Crippen molar-refractivity contribution in [3.05, 3.63) is 11.9 Å². The molecule has 0 aliphatic carbocycles. The van der Waals surface area contributed by atoms with Gasteiger partial charge in [0.2, 0.25) is 0 Å². The number of pyridine rings is 1. The first-order valence-corrected chi connectivity index (χ1v) is 10.5. The van der Waals surface area contributed by atoms with E-state index in [4.69, 9.17) is 20.1 Å². The number of imidazole rings is 1. The summed E-state index contributed by atoms with van der Waals surface area (Å²) < 4.78 is 13.6. The van der Waals surface area contributed by atoms with Crippen LogP contribution in [0.5, 0.6) is 5.75 Å². The molecule has 0 aliphatic heterocycles. The van der Waals surface area contributed by atoms with Crippen LogP contribution in [0, 0.1) is 17.8 Å². The van der Waals surface area contributed by atoms with Crippen LogP contribution in [-0.2, 0) is 6.54 Å². The van der Waals surface area contributed by atoms with Crippen molar-refractivity contribution in [1.29, 1.82) is 0 Å². The van der Waals surface area contributed by atoms with Crippen LogP contribution in [0.15, 0.2) is 10.8 Å². The Balaban J connectivity index is 2.24. The zero-order valence-corrected chi connectivity index (χ0v) is 19.4. The minimum atomic E-state index is -1.15. The van der Waals surface area contributed by atoms with E-state index < -0.39 is 5.60 Å². The molecular formula is C19H25AsN6O3. The van der Waals surface area contributed by atoms with Crippen molar-refractivity contribution >= 4 is 32.4 Å². The van der Waals surface area contributed by atoms with Gasteiger partial charge in [0.05, 0.1) is 0 Å². The molecule has 3 N–H and O–H groups in total. The van der Waals surface area contributed by atoms with Crippen LogP contribution in [0.3, 0.4) is 0 Å². The Labute approximate surface area is 177 Å². The number of nitrogens with two attached hydrogens (primary N) is 1. The first kappa shape index (κ1) is 21.3. The van der Waals surface area contributed by atoms with Crippen LogP contribution in [0.1, 0.15) is 33.4 Å². The second-order valence-electron chi connectivity index (χ2n) is 7.31. The fourth-order valence-corrected chi connectivity index (χ4v) is 3.14. The van der Waals surface area contributed by atoms with Gasteiger partial charge in [-0.15, -0.1) is 0 Å². The molecule has 0 amide bonds. The molecule has 2 atom stereocenters. The summed E-state index contributed by atoms with van der Waals surface area (Å²) in [6.45, 7) is 8.86. The Morgan fingerprint density at radius 1 is 1.41 bits per heavy atom. The number of aromatic nitrogens is 5. The van der Waals surface area contributed by atoms with Crippen molar-refractivity contribution in [2.45, 2.75) is 39.8 Å². The molecule has 0 radical (unpaired) electrons. The van der Waals surface area contributed by atoms with Crippen molar-refractivity contribution in [1.82, 2.24) is 24.8 Å². The van der Waals surface area contributed by atoms with Crippen molar-refractivity contribution in [3.8, 4) is 29.1 Å². The van der Waals surface area contributed by atoms with Gasteiger partial charge in [-0.3, -0.25) is 0 Å². The van der Waals surface area contributed by atoms with E-state index in [0.29, 0.717) is 52.7 Å². The normalized spacial score (nSPS) is 12.7. The zero-order valence-electron chi connectivity index (χ0n) is 16.9. The van der Waals surface area contributed by atoms with Gasteiger partial charge in [-0.1, -0.05) is 0 Å². The molecule has 0 saturated carbocycles. The standard InChI is InChI=1S/C19H25AsN6O3/c1-5-26-16-13(28-10-11(2)8-21)9-22-12(6-7-19(3,4)27)14(16)23-18(26)15-17(20)25-29-24-15/h9,11,27H,5,8,10,20-21H2,1-4H3/t11-/m0/s1. The molecule has 3 heterocycles. The predicted octanol–water partition coefficient (Wildman–Crippen LogP) is -0.144. The SMILES string of the molecule is CCn1c(-c2nonc2[AsH2])nc2c(C#CC(C)(C)O)ncc(OC[C@@H](C)CN)c21. The summed E-state index contributed by atoms with van der Waals surface area (Å²) in [5.74, 6) is 7.13. The van der Waals surface area contributed by atoms with E-state index >= 15 is 0 Å².